The van der Waals surface area contributed by atoms with Crippen molar-refractivity contribution in [3.63, 3.8) is 0 Å². The first kappa shape index (κ1) is 11.3. The summed E-state index contributed by atoms with van der Waals surface area (Å²) in [5.41, 5.74) is 3.01. The molecule has 1 aliphatic carbocycles. The Morgan fingerprint density at radius 2 is 2.06 bits per heavy atom. The topological polar surface area (TPSA) is 3.24 Å². The second kappa shape index (κ2) is 4.45. The van der Waals surface area contributed by atoms with Gasteiger partial charge < -0.3 is 4.90 Å². The van der Waals surface area contributed by atoms with Crippen LogP contribution in [0.4, 0.5) is 0 Å². The van der Waals surface area contributed by atoms with Crippen LogP contribution in [-0.4, -0.2) is 25.0 Å². The lowest BCUT2D eigenvalue weighted by atomic mass is 9.71. The second-order valence-electron chi connectivity index (χ2n) is 6.10. The first-order valence-corrected chi connectivity index (χ1v) is 6.99. The maximum Gasteiger partial charge on any atom is 0.00157 e. The van der Waals surface area contributed by atoms with E-state index in [1.54, 1.807) is 5.56 Å². The summed E-state index contributed by atoms with van der Waals surface area (Å²) < 4.78 is 0. The lowest BCUT2D eigenvalue weighted by molar-refractivity contribution is 0.258. The summed E-state index contributed by atoms with van der Waals surface area (Å²) >= 11 is 0. The summed E-state index contributed by atoms with van der Waals surface area (Å²) in [6, 6.07) is 9.20. The Balaban J connectivity index is 1.87. The number of aryl methyl sites for hydroxylation is 1. The molecule has 0 aromatic heterocycles. The predicted molar refractivity (Wildman–Crippen MR) is 72.2 cm³/mol. The van der Waals surface area contributed by atoms with Gasteiger partial charge in [-0.1, -0.05) is 36.2 Å². The van der Waals surface area contributed by atoms with Gasteiger partial charge in [0.15, 0.2) is 0 Å². The molecule has 3 rings (SSSR count). The van der Waals surface area contributed by atoms with Crippen molar-refractivity contribution in [2.75, 3.05) is 20.1 Å². The summed E-state index contributed by atoms with van der Waals surface area (Å²) in [5.74, 6) is 2.69. The Morgan fingerprint density at radius 1 is 1.18 bits per heavy atom. The van der Waals surface area contributed by atoms with Crippen molar-refractivity contribution < 1.29 is 0 Å². The molecular formula is C16H23N. The molecule has 1 aliphatic heterocycles. The number of nitrogens with zero attached hydrogens (tertiary/aromatic N) is 1. The van der Waals surface area contributed by atoms with Gasteiger partial charge in [-0.3, -0.25) is 0 Å². The third-order valence-corrected chi connectivity index (χ3v) is 4.75. The number of rotatable bonds is 1. The van der Waals surface area contributed by atoms with E-state index in [1.807, 2.05) is 0 Å². The van der Waals surface area contributed by atoms with E-state index in [9.17, 15) is 0 Å². The summed E-state index contributed by atoms with van der Waals surface area (Å²) in [7, 11) is 2.28. The molecule has 0 radical (unpaired) electrons. The highest BCUT2D eigenvalue weighted by Gasteiger charge is 2.39. The third kappa shape index (κ3) is 2.13. The van der Waals surface area contributed by atoms with Crippen LogP contribution in [0.25, 0.3) is 0 Å². The van der Waals surface area contributed by atoms with Crippen LogP contribution in [0.1, 0.15) is 36.3 Å². The van der Waals surface area contributed by atoms with Gasteiger partial charge in [-0.15, -0.1) is 0 Å². The van der Waals surface area contributed by atoms with Crippen molar-refractivity contribution in [3.05, 3.63) is 35.4 Å². The van der Waals surface area contributed by atoms with Gasteiger partial charge >= 0.3 is 0 Å². The molecule has 17 heavy (non-hydrogen) atoms. The molecule has 0 amide bonds. The molecule has 2 fully saturated rings. The van der Waals surface area contributed by atoms with E-state index in [1.165, 1.54) is 37.9 Å². The fraction of sp³-hybridized carbons (Fsp3) is 0.625. The monoisotopic (exact) mass is 229 g/mol. The highest BCUT2D eigenvalue weighted by molar-refractivity contribution is 5.27. The number of fused-ring (bicyclic) bond motifs is 1. The molecule has 0 unspecified atom stereocenters. The van der Waals surface area contributed by atoms with Crippen LogP contribution in [-0.2, 0) is 0 Å². The Morgan fingerprint density at radius 3 is 2.88 bits per heavy atom. The molecule has 3 atom stereocenters. The van der Waals surface area contributed by atoms with Gasteiger partial charge in [0.25, 0.3) is 0 Å². The maximum absolute atomic E-state index is 2.53. The zero-order valence-corrected chi connectivity index (χ0v) is 11.0. The molecule has 92 valence electrons. The highest BCUT2D eigenvalue weighted by Crippen LogP contribution is 2.44. The number of hydrogen-bond donors (Lipinski definition) is 0. The van der Waals surface area contributed by atoms with Crippen molar-refractivity contribution in [1.29, 1.82) is 0 Å². The van der Waals surface area contributed by atoms with Crippen molar-refractivity contribution in [3.8, 4) is 0 Å². The minimum absolute atomic E-state index is 0.818. The number of likely N-dealkylation sites (tertiary alicyclic amines) is 1. The standard InChI is InChI=1S/C16H23N/c1-12-5-3-6-13(9-12)15-8-4-7-14-10-17(2)11-16(14)15/h3,5-6,9,14-16H,4,7-8,10-11H2,1-2H3/t14-,15+,16-/m0/s1. The van der Waals surface area contributed by atoms with Crippen LogP contribution in [0.5, 0.6) is 0 Å². The quantitative estimate of drug-likeness (QED) is 0.713. The maximum atomic E-state index is 2.53. The predicted octanol–water partition coefficient (Wildman–Crippen LogP) is 3.44. The largest absolute Gasteiger partial charge is 0.306 e. The van der Waals surface area contributed by atoms with Gasteiger partial charge in [-0.2, -0.15) is 0 Å². The van der Waals surface area contributed by atoms with E-state index in [0.717, 1.165) is 17.8 Å². The van der Waals surface area contributed by atoms with Gasteiger partial charge in [0.05, 0.1) is 0 Å². The zero-order chi connectivity index (χ0) is 11.8. The average Bonchev–Trinajstić information content (AvgIpc) is 2.68. The van der Waals surface area contributed by atoms with E-state index in [4.69, 9.17) is 0 Å². The molecule has 0 N–H and O–H groups in total. The summed E-state index contributed by atoms with van der Waals surface area (Å²) in [6.45, 7) is 4.85. The molecule has 1 heteroatoms. The molecular weight excluding hydrogens is 206 g/mol. The summed E-state index contributed by atoms with van der Waals surface area (Å²) in [5, 5.41) is 0. The third-order valence-electron chi connectivity index (χ3n) is 4.75. The minimum Gasteiger partial charge on any atom is -0.306 e. The van der Waals surface area contributed by atoms with Crippen LogP contribution in [0.3, 0.4) is 0 Å². The van der Waals surface area contributed by atoms with Gasteiger partial charge in [-0.25, -0.2) is 0 Å². The normalized spacial score (nSPS) is 33.6. The van der Waals surface area contributed by atoms with Crippen molar-refractivity contribution in [2.45, 2.75) is 32.1 Å². The van der Waals surface area contributed by atoms with E-state index in [0.29, 0.717) is 0 Å². The highest BCUT2D eigenvalue weighted by atomic mass is 15.1. The lowest BCUT2D eigenvalue weighted by Crippen LogP contribution is -2.25. The Kier molecular flexibility index (Phi) is 2.96. The van der Waals surface area contributed by atoms with Crippen LogP contribution in [0.15, 0.2) is 24.3 Å². The van der Waals surface area contributed by atoms with E-state index < -0.39 is 0 Å². The van der Waals surface area contributed by atoms with Crippen LogP contribution >= 0.6 is 0 Å². The Hall–Kier alpha value is -0.820. The zero-order valence-electron chi connectivity index (χ0n) is 11.0. The Labute approximate surface area is 105 Å². The molecule has 1 aromatic rings. The fourth-order valence-electron chi connectivity index (χ4n) is 4.01. The smallest absolute Gasteiger partial charge is 0.00157 e. The number of benzene rings is 1. The Bertz CT molecular complexity index is 398. The van der Waals surface area contributed by atoms with Gasteiger partial charge in [0.2, 0.25) is 0 Å². The second-order valence-corrected chi connectivity index (χ2v) is 6.10. The van der Waals surface area contributed by atoms with Crippen LogP contribution < -0.4 is 0 Å². The van der Waals surface area contributed by atoms with Crippen molar-refractivity contribution in [2.24, 2.45) is 11.8 Å². The molecule has 1 heterocycles. The summed E-state index contributed by atoms with van der Waals surface area (Å²) in [4.78, 5) is 2.53. The average molecular weight is 229 g/mol. The van der Waals surface area contributed by atoms with Crippen LogP contribution in [0, 0.1) is 18.8 Å². The molecule has 1 saturated carbocycles. The first-order chi connectivity index (χ1) is 8.24. The van der Waals surface area contributed by atoms with E-state index >= 15 is 0 Å². The van der Waals surface area contributed by atoms with Crippen molar-refractivity contribution in [1.82, 2.24) is 4.90 Å². The fourth-order valence-corrected chi connectivity index (χ4v) is 4.01. The van der Waals surface area contributed by atoms with Gasteiger partial charge in [0, 0.05) is 13.1 Å². The minimum atomic E-state index is 0.818. The molecule has 0 spiro atoms. The SMILES string of the molecule is Cc1cccc([C@H]2CCC[C@H]3CN(C)C[C@@H]32)c1. The van der Waals surface area contributed by atoms with E-state index in [2.05, 4.69) is 43.1 Å². The van der Waals surface area contributed by atoms with Crippen LogP contribution in [0.2, 0.25) is 0 Å². The number of hydrogen-bond acceptors (Lipinski definition) is 1. The molecule has 2 aliphatic rings. The summed E-state index contributed by atoms with van der Waals surface area (Å²) in [6.07, 6.45) is 4.28. The van der Waals surface area contributed by atoms with Gasteiger partial charge in [0.1, 0.15) is 0 Å². The van der Waals surface area contributed by atoms with E-state index in [-0.39, 0.29) is 0 Å². The van der Waals surface area contributed by atoms with Crippen molar-refractivity contribution >= 4 is 0 Å². The molecule has 1 nitrogen and oxygen atoms in total. The molecule has 1 saturated heterocycles. The lowest BCUT2D eigenvalue weighted by Gasteiger charge is -2.33. The molecule has 1 aromatic carbocycles. The molecule has 0 bridgehead atoms. The van der Waals surface area contributed by atoms with Gasteiger partial charge in [-0.05, 0) is 50.1 Å². The first-order valence-electron chi connectivity index (χ1n) is 6.99.